The molecule has 0 aliphatic rings. The molecule has 15 heteroatoms. The molecule has 14 nitrogen and oxygen atoms in total. The lowest BCUT2D eigenvalue weighted by Gasteiger charge is -2.26. The number of carbonyl (C=O) groups is 2. The Labute approximate surface area is 212 Å². The van der Waals surface area contributed by atoms with Crippen molar-refractivity contribution in [2.45, 2.75) is 39.0 Å². The van der Waals surface area contributed by atoms with E-state index in [0.29, 0.717) is 29.1 Å². The Morgan fingerprint density at radius 2 is 1.76 bits per heavy atom. The van der Waals surface area contributed by atoms with Crippen LogP contribution in [0.25, 0.3) is 11.2 Å². The molecule has 0 saturated heterocycles. The number of carboxylic acid groups (broad SMARTS) is 1. The zero-order valence-electron chi connectivity index (χ0n) is 20.4. The number of aromatic nitrogens is 4. The van der Waals surface area contributed by atoms with Crippen molar-refractivity contribution in [3.8, 4) is 0 Å². The molecule has 0 aliphatic carbocycles. The van der Waals surface area contributed by atoms with E-state index < -0.39 is 25.3 Å². The van der Waals surface area contributed by atoms with Gasteiger partial charge in [-0.1, -0.05) is 0 Å². The monoisotopic (exact) mass is 532 g/mol. The molecule has 1 amide bonds. The van der Waals surface area contributed by atoms with Crippen LogP contribution in [0.2, 0.25) is 0 Å². The molecule has 0 fully saturated rings. The average molecular weight is 532 g/mol. The minimum atomic E-state index is -3.78. The third-order valence-electron chi connectivity index (χ3n) is 5.05. The Morgan fingerprint density at radius 3 is 2.38 bits per heavy atom. The second-order valence-electron chi connectivity index (χ2n) is 7.73. The van der Waals surface area contributed by atoms with E-state index in [1.165, 1.54) is 6.20 Å². The fraction of sp³-hybridized carbons (Fsp3) is 0.364. The normalized spacial score (nSPS) is 12.3. The van der Waals surface area contributed by atoms with Gasteiger partial charge in [-0.05, 0) is 44.5 Å². The molecule has 0 unspecified atom stereocenters. The van der Waals surface area contributed by atoms with E-state index in [2.05, 4.69) is 30.6 Å². The van der Waals surface area contributed by atoms with Gasteiger partial charge in [-0.15, -0.1) is 0 Å². The largest absolute Gasteiger partial charge is 0.481 e. The number of benzene rings is 1. The average Bonchev–Trinajstić information content (AvgIpc) is 2.85. The summed E-state index contributed by atoms with van der Waals surface area (Å²) in [5.74, 6) is -2.61. The van der Waals surface area contributed by atoms with Gasteiger partial charge in [0, 0.05) is 17.7 Å². The standard InChI is InChI=1S/C22H29N8O6P/c1-3-35-37(34,36-4-2)16(9-10-17(31)32)28-21(33)13-5-7-14(8-6-13)25-11-15-12-26-20-18(27-15)19(23)29-22(24)30-20/h5-8,12,16,25H,3-4,9-11H2,1-2H3,(H,28,33)(H,31,32)(H4,23,24,26,29,30)/t16-/m1/s1. The molecule has 0 saturated carbocycles. The summed E-state index contributed by atoms with van der Waals surface area (Å²) in [4.78, 5) is 40.4. The number of anilines is 3. The minimum absolute atomic E-state index is 0.0149. The van der Waals surface area contributed by atoms with Gasteiger partial charge in [-0.3, -0.25) is 14.2 Å². The predicted molar refractivity (Wildman–Crippen MR) is 137 cm³/mol. The Hall–Kier alpha value is -3.87. The van der Waals surface area contributed by atoms with Crippen molar-refractivity contribution in [2.24, 2.45) is 0 Å². The third-order valence-corrected chi connectivity index (χ3v) is 7.44. The zero-order valence-corrected chi connectivity index (χ0v) is 21.3. The third kappa shape index (κ3) is 7.32. The Morgan fingerprint density at radius 1 is 1.08 bits per heavy atom. The van der Waals surface area contributed by atoms with Crippen LogP contribution in [0.3, 0.4) is 0 Å². The van der Waals surface area contributed by atoms with Gasteiger partial charge in [0.2, 0.25) is 5.95 Å². The number of nitrogens with one attached hydrogen (secondary N) is 2. The zero-order chi connectivity index (χ0) is 27.0. The van der Waals surface area contributed by atoms with Gasteiger partial charge in [-0.25, -0.2) is 9.97 Å². The molecule has 1 atom stereocenters. The van der Waals surface area contributed by atoms with Gasteiger partial charge in [0.15, 0.2) is 17.0 Å². The smallest absolute Gasteiger partial charge is 0.352 e. The SMILES string of the molecule is CCOP(=O)(OCC)[C@H](CCC(=O)O)NC(=O)c1ccc(NCc2cnc3nc(N)nc(N)c3n2)cc1. The predicted octanol–water partition coefficient (Wildman–Crippen LogP) is 2.38. The number of nitrogens with zero attached hydrogens (tertiary/aromatic N) is 4. The van der Waals surface area contributed by atoms with Gasteiger partial charge in [0.25, 0.3) is 5.91 Å². The molecule has 0 bridgehead atoms. The molecule has 2 aromatic heterocycles. The van der Waals surface area contributed by atoms with Crippen molar-refractivity contribution in [1.82, 2.24) is 25.3 Å². The number of hydrogen-bond donors (Lipinski definition) is 5. The molecule has 1 aromatic carbocycles. The maximum absolute atomic E-state index is 13.2. The Kier molecular flexibility index (Phi) is 9.28. The molecule has 37 heavy (non-hydrogen) atoms. The highest BCUT2D eigenvalue weighted by molar-refractivity contribution is 7.54. The van der Waals surface area contributed by atoms with Crippen molar-refractivity contribution in [2.75, 3.05) is 30.0 Å². The summed E-state index contributed by atoms with van der Waals surface area (Å²) in [6.45, 7) is 3.73. The fourth-order valence-electron chi connectivity index (χ4n) is 3.38. The highest BCUT2D eigenvalue weighted by atomic mass is 31.2. The minimum Gasteiger partial charge on any atom is -0.481 e. The van der Waals surface area contributed by atoms with E-state index in [1.807, 2.05) is 0 Å². The van der Waals surface area contributed by atoms with Crippen LogP contribution in [0.15, 0.2) is 30.5 Å². The van der Waals surface area contributed by atoms with Crippen molar-refractivity contribution >= 4 is 48.1 Å². The second-order valence-corrected chi connectivity index (χ2v) is 9.95. The van der Waals surface area contributed by atoms with Crippen molar-refractivity contribution in [3.63, 3.8) is 0 Å². The number of nitrogens with two attached hydrogens (primary N) is 2. The Bertz CT molecular complexity index is 1300. The lowest BCUT2D eigenvalue weighted by Crippen LogP contribution is -2.36. The first-order valence-corrected chi connectivity index (χ1v) is 13.1. The molecule has 3 aromatic rings. The number of hydrogen-bond acceptors (Lipinski definition) is 12. The van der Waals surface area contributed by atoms with Crippen molar-refractivity contribution in [3.05, 3.63) is 41.7 Å². The van der Waals surface area contributed by atoms with Crippen LogP contribution in [-0.2, 0) is 25.0 Å². The molecular formula is C22H29N8O6P. The number of carbonyl (C=O) groups excluding carboxylic acids is 1. The molecule has 0 radical (unpaired) electrons. The molecule has 3 rings (SSSR count). The van der Waals surface area contributed by atoms with Gasteiger partial charge < -0.3 is 36.3 Å². The van der Waals surface area contributed by atoms with Gasteiger partial charge >= 0.3 is 13.6 Å². The van der Waals surface area contributed by atoms with E-state index in [4.69, 9.17) is 25.6 Å². The first-order chi connectivity index (χ1) is 17.6. The summed E-state index contributed by atoms with van der Waals surface area (Å²) in [5, 5.41) is 14.8. The lowest BCUT2D eigenvalue weighted by molar-refractivity contribution is -0.137. The van der Waals surface area contributed by atoms with E-state index in [-0.39, 0.29) is 43.4 Å². The molecular weight excluding hydrogens is 503 g/mol. The highest BCUT2D eigenvalue weighted by Crippen LogP contribution is 2.53. The summed E-state index contributed by atoms with van der Waals surface area (Å²) < 4.78 is 23.8. The number of nitrogen functional groups attached to an aromatic ring is 2. The summed E-state index contributed by atoms with van der Waals surface area (Å²) >= 11 is 0. The van der Waals surface area contributed by atoms with Crippen LogP contribution in [0.1, 0.15) is 42.7 Å². The topological polar surface area (TPSA) is 218 Å². The summed E-state index contributed by atoms with van der Waals surface area (Å²) in [6.07, 6.45) is 1.10. The highest BCUT2D eigenvalue weighted by Gasteiger charge is 2.37. The molecule has 2 heterocycles. The first kappa shape index (κ1) is 27.7. The van der Waals surface area contributed by atoms with Crippen LogP contribution in [0.5, 0.6) is 0 Å². The fourth-order valence-corrected chi connectivity index (χ4v) is 5.26. The number of aliphatic carboxylic acids is 1. The van der Waals surface area contributed by atoms with Crippen molar-refractivity contribution in [1.29, 1.82) is 0 Å². The van der Waals surface area contributed by atoms with Crippen LogP contribution in [-0.4, -0.2) is 55.9 Å². The van der Waals surface area contributed by atoms with Gasteiger partial charge in [-0.2, -0.15) is 9.97 Å². The summed E-state index contributed by atoms with van der Waals surface area (Å²) in [5.41, 5.74) is 13.6. The van der Waals surface area contributed by atoms with Crippen molar-refractivity contribution < 1.29 is 28.3 Å². The molecule has 7 N–H and O–H groups in total. The van der Waals surface area contributed by atoms with Gasteiger partial charge in [0.05, 0.1) is 31.6 Å². The number of fused-ring (bicyclic) bond motifs is 1. The summed E-state index contributed by atoms with van der Waals surface area (Å²) in [7, 11) is -3.78. The Balaban J connectivity index is 1.68. The molecule has 198 valence electrons. The van der Waals surface area contributed by atoms with Crippen LogP contribution in [0.4, 0.5) is 17.5 Å². The van der Waals surface area contributed by atoms with Crippen LogP contribution >= 0.6 is 7.60 Å². The van der Waals surface area contributed by atoms with E-state index in [9.17, 15) is 14.2 Å². The van der Waals surface area contributed by atoms with E-state index in [0.717, 1.165) is 0 Å². The van der Waals surface area contributed by atoms with Crippen LogP contribution < -0.4 is 22.1 Å². The maximum Gasteiger partial charge on any atom is 0.352 e. The van der Waals surface area contributed by atoms with E-state index in [1.54, 1.807) is 38.1 Å². The number of amides is 1. The first-order valence-electron chi connectivity index (χ1n) is 11.4. The number of carboxylic acids is 1. The molecule has 0 aliphatic heterocycles. The summed E-state index contributed by atoms with van der Waals surface area (Å²) in [6, 6.07) is 6.49. The van der Waals surface area contributed by atoms with E-state index >= 15 is 0 Å². The molecule has 0 spiro atoms. The van der Waals surface area contributed by atoms with Gasteiger partial charge in [0.1, 0.15) is 5.78 Å². The van der Waals surface area contributed by atoms with Crippen LogP contribution in [0, 0.1) is 0 Å². The second kappa shape index (κ2) is 12.4. The number of rotatable bonds is 13. The quantitative estimate of drug-likeness (QED) is 0.200. The maximum atomic E-state index is 13.2. The lowest BCUT2D eigenvalue weighted by atomic mass is 10.2.